The van der Waals surface area contributed by atoms with Crippen LogP contribution < -0.4 is 5.56 Å². The van der Waals surface area contributed by atoms with Gasteiger partial charge in [0, 0.05) is 18.0 Å². The summed E-state index contributed by atoms with van der Waals surface area (Å²) in [6, 6.07) is 5.43. The largest absolute Gasteiger partial charge is 0.345 e. The van der Waals surface area contributed by atoms with E-state index in [1.165, 1.54) is 6.33 Å². The summed E-state index contributed by atoms with van der Waals surface area (Å²) in [6.07, 6.45) is 4.84. The standard InChI is InChI=1S/C11H8N4O/c16-11-8-2-1-7(10-12-3-4-13-10)5-9(8)14-6-15-11/h1-6H,(H,12,13)(H,14,15,16). The Bertz CT molecular complexity index is 685. The average Bonchev–Trinajstić information content (AvgIpc) is 2.82. The molecule has 16 heavy (non-hydrogen) atoms. The molecule has 2 heterocycles. The van der Waals surface area contributed by atoms with Gasteiger partial charge in [0.05, 0.1) is 17.2 Å². The van der Waals surface area contributed by atoms with Crippen molar-refractivity contribution in [2.24, 2.45) is 0 Å². The molecule has 0 atom stereocenters. The molecular weight excluding hydrogens is 204 g/mol. The average molecular weight is 212 g/mol. The molecule has 0 spiro atoms. The number of aromatic amines is 2. The smallest absolute Gasteiger partial charge is 0.258 e. The number of aromatic nitrogens is 4. The number of H-pyrrole nitrogens is 2. The van der Waals surface area contributed by atoms with E-state index in [-0.39, 0.29) is 5.56 Å². The van der Waals surface area contributed by atoms with Gasteiger partial charge in [0.2, 0.25) is 0 Å². The SMILES string of the molecule is O=c1[nH]cnc2cc(-c3ncc[nH]3)ccc12. The normalized spacial score (nSPS) is 10.8. The first-order valence-electron chi connectivity index (χ1n) is 4.82. The Kier molecular flexibility index (Phi) is 1.83. The van der Waals surface area contributed by atoms with E-state index in [1.54, 1.807) is 18.5 Å². The van der Waals surface area contributed by atoms with Gasteiger partial charge >= 0.3 is 0 Å². The van der Waals surface area contributed by atoms with Crippen LogP contribution in [-0.4, -0.2) is 19.9 Å². The van der Waals surface area contributed by atoms with Crippen LogP contribution >= 0.6 is 0 Å². The number of nitrogens with zero attached hydrogens (tertiary/aromatic N) is 2. The van der Waals surface area contributed by atoms with Crippen LogP contribution in [0.2, 0.25) is 0 Å². The minimum absolute atomic E-state index is 0.129. The third-order valence-corrected chi connectivity index (χ3v) is 2.41. The van der Waals surface area contributed by atoms with Crippen molar-refractivity contribution in [1.29, 1.82) is 0 Å². The van der Waals surface area contributed by atoms with Crippen molar-refractivity contribution in [3.63, 3.8) is 0 Å². The van der Waals surface area contributed by atoms with Gasteiger partial charge in [-0.3, -0.25) is 4.79 Å². The zero-order valence-corrected chi connectivity index (χ0v) is 8.27. The molecule has 0 saturated heterocycles. The first kappa shape index (κ1) is 8.84. The van der Waals surface area contributed by atoms with E-state index >= 15 is 0 Å². The van der Waals surface area contributed by atoms with Crippen molar-refractivity contribution in [3.05, 3.63) is 47.3 Å². The number of fused-ring (bicyclic) bond motifs is 1. The number of rotatable bonds is 1. The fourth-order valence-electron chi connectivity index (χ4n) is 1.64. The van der Waals surface area contributed by atoms with Crippen LogP contribution in [0.5, 0.6) is 0 Å². The van der Waals surface area contributed by atoms with Gasteiger partial charge in [0.15, 0.2) is 0 Å². The molecular formula is C11H8N4O. The molecule has 0 aliphatic rings. The first-order valence-corrected chi connectivity index (χ1v) is 4.82. The fraction of sp³-hybridized carbons (Fsp3) is 0. The van der Waals surface area contributed by atoms with Crippen LogP contribution in [0.3, 0.4) is 0 Å². The third-order valence-electron chi connectivity index (χ3n) is 2.41. The molecule has 0 unspecified atom stereocenters. The maximum absolute atomic E-state index is 11.5. The second-order valence-electron chi connectivity index (χ2n) is 3.40. The highest BCUT2D eigenvalue weighted by Crippen LogP contribution is 2.17. The van der Waals surface area contributed by atoms with Gasteiger partial charge in [0.1, 0.15) is 5.82 Å². The van der Waals surface area contributed by atoms with Gasteiger partial charge < -0.3 is 9.97 Å². The van der Waals surface area contributed by atoms with Gasteiger partial charge in [-0.05, 0) is 12.1 Å². The molecule has 5 heteroatoms. The number of nitrogens with one attached hydrogen (secondary N) is 2. The van der Waals surface area contributed by atoms with Gasteiger partial charge in [-0.15, -0.1) is 0 Å². The summed E-state index contributed by atoms with van der Waals surface area (Å²) in [5, 5.41) is 0.581. The summed E-state index contributed by atoms with van der Waals surface area (Å²) in [4.78, 5) is 25.3. The molecule has 0 aliphatic carbocycles. The Hall–Kier alpha value is -2.43. The summed E-state index contributed by atoms with van der Waals surface area (Å²) >= 11 is 0. The maximum Gasteiger partial charge on any atom is 0.258 e. The van der Waals surface area contributed by atoms with Crippen LogP contribution in [0.15, 0.2) is 41.7 Å². The minimum atomic E-state index is -0.129. The second-order valence-corrected chi connectivity index (χ2v) is 3.40. The van der Waals surface area contributed by atoms with Crippen LogP contribution in [-0.2, 0) is 0 Å². The van der Waals surface area contributed by atoms with Crippen LogP contribution in [0.25, 0.3) is 22.3 Å². The van der Waals surface area contributed by atoms with Crippen molar-refractivity contribution in [2.75, 3.05) is 0 Å². The second kappa shape index (κ2) is 3.30. The number of benzene rings is 1. The van der Waals surface area contributed by atoms with Crippen molar-refractivity contribution in [3.8, 4) is 11.4 Å². The van der Waals surface area contributed by atoms with E-state index < -0.39 is 0 Å². The summed E-state index contributed by atoms with van der Waals surface area (Å²) in [6.45, 7) is 0. The Morgan fingerprint density at radius 3 is 2.88 bits per heavy atom. The van der Waals surface area contributed by atoms with Crippen molar-refractivity contribution < 1.29 is 0 Å². The monoisotopic (exact) mass is 212 g/mol. The Morgan fingerprint density at radius 2 is 2.06 bits per heavy atom. The Morgan fingerprint density at radius 1 is 1.12 bits per heavy atom. The molecule has 2 N–H and O–H groups in total. The van der Waals surface area contributed by atoms with Crippen molar-refractivity contribution >= 4 is 10.9 Å². The molecule has 3 rings (SSSR count). The zero-order valence-electron chi connectivity index (χ0n) is 8.27. The molecule has 78 valence electrons. The molecule has 0 aliphatic heterocycles. The van der Waals surface area contributed by atoms with Crippen LogP contribution in [0.4, 0.5) is 0 Å². The highest BCUT2D eigenvalue weighted by Gasteiger charge is 2.03. The summed E-state index contributed by atoms with van der Waals surface area (Å²) in [5.74, 6) is 0.768. The lowest BCUT2D eigenvalue weighted by atomic mass is 10.1. The van der Waals surface area contributed by atoms with E-state index in [0.29, 0.717) is 10.9 Å². The van der Waals surface area contributed by atoms with Gasteiger partial charge in [-0.1, -0.05) is 6.07 Å². The predicted octanol–water partition coefficient (Wildman–Crippen LogP) is 1.31. The summed E-state index contributed by atoms with van der Waals surface area (Å²) in [7, 11) is 0. The number of imidazole rings is 1. The predicted molar refractivity (Wildman–Crippen MR) is 59.9 cm³/mol. The van der Waals surface area contributed by atoms with E-state index in [4.69, 9.17) is 0 Å². The summed E-state index contributed by atoms with van der Waals surface area (Å²) < 4.78 is 0. The van der Waals surface area contributed by atoms with Gasteiger partial charge in [-0.2, -0.15) is 0 Å². The molecule has 0 radical (unpaired) electrons. The fourth-order valence-corrected chi connectivity index (χ4v) is 1.64. The Labute approximate surface area is 90.2 Å². The van der Waals surface area contributed by atoms with E-state index in [0.717, 1.165) is 11.4 Å². The highest BCUT2D eigenvalue weighted by atomic mass is 16.1. The molecule has 0 fully saturated rings. The molecule has 5 nitrogen and oxygen atoms in total. The van der Waals surface area contributed by atoms with E-state index in [2.05, 4.69) is 19.9 Å². The Balaban J connectivity index is 2.28. The molecule has 0 bridgehead atoms. The molecule has 3 aromatic rings. The van der Waals surface area contributed by atoms with Gasteiger partial charge in [-0.25, -0.2) is 9.97 Å². The highest BCUT2D eigenvalue weighted by molar-refractivity contribution is 5.81. The minimum Gasteiger partial charge on any atom is -0.345 e. The zero-order chi connectivity index (χ0) is 11.0. The van der Waals surface area contributed by atoms with E-state index in [9.17, 15) is 4.79 Å². The third kappa shape index (κ3) is 1.30. The lowest BCUT2D eigenvalue weighted by molar-refractivity contribution is 1.17. The van der Waals surface area contributed by atoms with Gasteiger partial charge in [0.25, 0.3) is 5.56 Å². The first-order chi connectivity index (χ1) is 7.84. The van der Waals surface area contributed by atoms with E-state index in [1.807, 2.05) is 12.1 Å². The molecule has 1 aromatic carbocycles. The molecule has 0 amide bonds. The van der Waals surface area contributed by atoms with Crippen LogP contribution in [0, 0.1) is 0 Å². The number of hydrogen-bond donors (Lipinski definition) is 2. The lowest BCUT2D eigenvalue weighted by Gasteiger charge is -1.99. The van der Waals surface area contributed by atoms with Crippen molar-refractivity contribution in [1.82, 2.24) is 19.9 Å². The molecule has 2 aromatic heterocycles. The maximum atomic E-state index is 11.5. The summed E-state index contributed by atoms with van der Waals surface area (Å²) in [5.41, 5.74) is 1.45. The lowest BCUT2D eigenvalue weighted by Crippen LogP contribution is -2.05. The quantitative estimate of drug-likeness (QED) is 0.638. The van der Waals surface area contributed by atoms with Crippen LogP contribution in [0.1, 0.15) is 0 Å². The number of hydrogen-bond acceptors (Lipinski definition) is 3. The molecule has 0 saturated carbocycles. The topological polar surface area (TPSA) is 74.4 Å². The van der Waals surface area contributed by atoms with Crippen molar-refractivity contribution in [2.45, 2.75) is 0 Å².